The first-order valence-electron chi connectivity index (χ1n) is 7.07. The van der Waals surface area contributed by atoms with Crippen LogP contribution in [0.4, 0.5) is 11.8 Å². The number of aromatic nitrogens is 2. The van der Waals surface area contributed by atoms with Gasteiger partial charge in [0.15, 0.2) is 0 Å². The Balaban J connectivity index is 2.47. The molecule has 3 aromatic rings. The van der Waals surface area contributed by atoms with E-state index < -0.39 is 0 Å². The van der Waals surface area contributed by atoms with Gasteiger partial charge in [0.25, 0.3) is 0 Å². The van der Waals surface area contributed by atoms with Crippen LogP contribution in [0.25, 0.3) is 22.0 Å². The molecule has 1 aromatic heterocycles. The number of benzene rings is 2. The Morgan fingerprint density at radius 2 is 1.79 bits per heavy atom. The second kappa shape index (κ2) is 5.93. The van der Waals surface area contributed by atoms with Gasteiger partial charge in [-0.3, -0.25) is 0 Å². The number of nitriles is 1. The Kier molecular flexibility index (Phi) is 3.80. The highest BCUT2D eigenvalue weighted by Crippen LogP contribution is 2.40. The SMILES string of the molecule is COc1ccc2ccc(OC)c(-c3nc(N)nc(N)c3C#N)c2c1. The number of fused-ring (bicyclic) bond motifs is 1. The molecule has 0 amide bonds. The van der Waals surface area contributed by atoms with Crippen molar-refractivity contribution in [2.75, 3.05) is 25.7 Å². The van der Waals surface area contributed by atoms with E-state index in [1.165, 1.54) is 0 Å². The number of hydrogen-bond acceptors (Lipinski definition) is 7. The van der Waals surface area contributed by atoms with Gasteiger partial charge in [0.05, 0.1) is 19.8 Å². The highest BCUT2D eigenvalue weighted by Gasteiger charge is 2.20. The van der Waals surface area contributed by atoms with Crippen LogP contribution in [0, 0.1) is 11.3 Å². The molecule has 0 bridgehead atoms. The minimum atomic E-state index is -0.0107. The molecule has 0 aliphatic carbocycles. The predicted molar refractivity (Wildman–Crippen MR) is 91.6 cm³/mol. The molecule has 0 saturated heterocycles. The smallest absolute Gasteiger partial charge is 0.222 e. The summed E-state index contributed by atoms with van der Waals surface area (Å²) >= 11 is 0. The third-order valence-electron chi connectivity index (χ3n) is 3.71. The van der Waals surface area contributed by atoms with Crippen molar-refractivity contribution in [2.24, 2.45) is 0 Å². The van der Waals surface area contributed by atoms with Crippen LogP contribution in [0.15, 0.2) is 30.3 Å². The van der Waals surface area contributed by atoms with Crippen molar-refractivity contribution in [3.63, 3.8) is 0 Å². The quantitative estimate of drug-likeness (QED) is 0.759. The molecule has 0 atom stereocenters. The van der Waals surface area contributed by atoms with Crippen molar-refractivity contribution in [3.8, 4) is 28.8 Å². The van der Waals surface area contributed by atoms with Gasteiger partial charge in [-0.05, 0) is 29.0 Å². The lowest BCUT2D eigenvalue weighted by atomic mass is 9.98. The lowest BCUT2D eigenvalue weighted by Gasteiger charge is -2.14. The van der Waals surface area contributed by atoms with Gasteiger partial charge < -0.3 is 20.9 Å². The highest BCUT2D eigenvalue weighted by molar-refractivity contribution is 6.01. The maximum atomic E-state index is 9.47. The molecule has 120 valence electrons. The number of nitrogen functional groups attached to an aromatic ring is 2. The molecular weight excluding hydrogens is 306 g/mol. The number of ether oxygens (including phenoxy) is 2. The van der Waals surface area contributed by atoms with E-state index >= 15 is 0 Å². The van der Waals surface area contributed by atoms with Crippen LogP contribution in [-0.4, -0.2) is 24.2 Å². The molecule has 1 heterocycles. The first-order valence-corrected chi connectivity index (χ1v) is 7.07. The molecule has 0 radical (unpaired) electrons. The molecule has 7 nitrogen and oxygen atoms in total. The van der Waals surface area contributed by atoms with Crippen molar-refractivity contribution in [2.45, 2.75) is 0 Å². The van der Waals surface area contributed by atoms with Gasteiger partial charge in [-0.1, -0.05) is 12.1 Å². The average molecular weight is 321 g/mol. The van der Waals surface area contributed by atoms with Crippen molar-refractivity contribution in [1.82, 2.24) is 9.97 Å². The van der Waals surface area contributed by atoms with E-state index in [0.717, 1.165) is 10.8 Å². The van der Waals surface area contributed by atoms with Crippen LogP contribution in [0.1, 0.15) is 5.56 Å². The Morgan fingerprint density at radius 3 is 2.46 bits per heavy atom. The molecule has 0 aliphatic heterocycles. The Bertz CT molecular complexity index is 974. The summed E-state index contributed by atoms with van der Waals surface area (Å²) in [6, 6.07) is 11.4. The molecule has 0 fully saturated rings. The minimum Gasteiger partial charge on any atom is -0.497 e. The number of methoxy groups -OCH3 is 2. The van der Waals surface area contributed by atoms with Crippen LogP contribution in [-0.2, 0) is 0 Å². The van der Waals surface area contributed by atoms with Crippen molar-refractivity contribution in [3.05, 3.63) is 35.9 Å². The largest absolute Gasteiger partial charge is 0.497 e. The van der Waals surface area contributed by atoms with E-state index in [4.69, 9.17) is 20.9 Å². The zero-order valence-electron chi connectivity index (χ0n) is 13.2. The Hall–Kier alpha value is -3.53. The fourth-order valence-corrected chi connectivity index (χ4v) is 2.61. The van der Waals surface area contributed by atoms with Crippen LogP contribution in [0.3, 0.4) is 0 Å². The molecule has 24 heavy (non-hydrogen) atoms. The van der Waals surface area contributed by atoms with Crippen molar-refractivity contribution < 1.29 is 9.47 Å². The van der Waals surface area contributed by atoms with E-state index in [0.29, 0.717) is 22.8 Å². The van der Waals surface area contributed by atoms with Gasteiger partial charge in [0.2, 0.25) is 5.95 Å². The van der Waals surface area contributed by atoms with E-state index in [1.54, 1.807) is 20.3 Å². The molecular formula is C17H15N5O2. The number of anilines is 2. The number of rotatable bonds is 3. The third kappa shape index (κ3) is 2.40. The Labute approximate surface area is 138 Å². The van der Waals surface area contributed by atoms with Gasteiger partial charge >= 0.3 is 0 Å². The maximum Gasteiger partial charge on any atom is 0.222 e. The normalized spacial score (nSPS) is 10.4. The second-order valence-corrected chi connectivity index (χ2v) is 5.03. The zero-order valence-corrected chi connectivity index (χ0v) is 13.2. The summed E-state index contributed by atoms with van der Waals surface area (Å²) in [5.41, 5.74) is 12.7. The highest BCUT2D eigenvalue weighted by atomic mass is 16.5. The number of hydrogen-bond donors (Lipinski definition) is 2. The lowest BCUT2D eigenvalue weighted by Crippen LogP contribution is -2.06. The summed E-state index contributed by atoms with van der Waals surface area (Å²) in [5, 5.41) is 11.2. The predicted octanol–water partition coefficient (Wildman–Crippen LogP) is 2.35. The standard InChI is InChI=1S/C17H15N5O2/c1-23-10-5-3-9-4-6-13(24-2)14(11(9)7-10)15-12(8-18)16(19)22-17(20)21-15/h3-7H,1-2H3,(H4,19,20,21,22). The molecule has 4 N–H and O–H groups in total. The summed E-state index contributed by atoms with van der Waals surface area (Å²) in [6.07, 6.45) is 0. The van der Waals surface area contributed by atoms with Crippen LogP contribution in [0.5, 0.6) is 11.5 Å². The van der Waals surface area contributed by atoms with Gasteiger partial charge in [0, 0.05) is 0 Å². The van der Waals surface area contributed by atoms with Crippen molar-refractivity contribution in [1.29, 1.82) is 5.26 Å². The average Bonchev–Trinajstić information content (AvgIpc) is 2.59. The third-order valence-corrected chi connectivity index (χ3v) is 3.71. The first kappa shape index (κ1) is 15.4. The first-order chi connectivity index (χ1) is 11.6. The van der Waals surface area contributed by atoms with Crippen LogP contribution >= 0.6 is 0 Å². The van der Waals surface area contributed by atoms with Gasteiger partial charge in [-0.15, -0.1) is 0 Å². The van der Waals surface area contributed by atoms with Gasteiger partial charge in [-0.25, -0.2) is 4.98 Å². The fourth-order valence-electron chi connectivity index (χ4n) is 2.61. The van der Waals surface area contributed by atoms with E-state index in [9.17, 15) is 5.26 Å². The zero-order chi connectivity index (χ0) is 17.3. The van der Waals surface area contributed by atoms with E-state index in [1.807, 2.05) is 30.3 Å². The molecule has 7 heteroatoms. The van der Waals surface area contributed by atoms with Crippen LogP contribution < -0.4 is 20.9 Å². The minimum absolute atomic E-state index is 0.0107. The topological polar surface area (TPSA) is 120 Å². The second-order valence-electron chi connectivity index (χ2n) is 5.03. The summed E-state index contributed by atoms with van der Waals surface area (Å²) < 4.78 is 10.8. The summed E-state index contributed by atoms with van der Waals surface area (Å²) in [7, 11) is 3.13. The van der Waals surface area contributed by atoms with Gasteiger partial charge in [0.1, 0.15) is 34.6 Å². The lowest BCUT2D eigenvalue weighted by molar-refractivity contribution is 0.414. The summed E-state index contributed by atoms with van der Waals surface area (Å²) in [5.74, 6) is 1.24. The van der Waals surface area contributed by atoms with E-state index in [2.05, 4.69) is 9.97 Å². The molecule has 0 aliphatic rings. The molecule has 2 aromatic carbocycles. The van der Waals surface area contributed by atoms with Gasteiger partial charge in [-0.2, -0.15) is 10.2 Å². The number of nitrogens with two attached hydrogens (primary N) is 2. The molecule has 0 saturated carbocycles. The molecule has 0 unspecified atom stereocenters. The fraction of sp³-hybridized carbons (Fsp3) is 0.118. The number of nitrogens with zero attached hydrogens (tertiary/aromatic N) is 3. The maximum absolute atomic E-state index is 9.47. The summed E-state index contributed by atoms with van der Waals surface area (Å²) in [6.45, 7) is 0. The molecule has 3 rings (SSSR count). The molecule has 0 spiro atoms. The summed E-state index contributed by atoms with van der Waals surface area (Å²) in [4.78, 5) is 8.09. The van der Waals surface area contributed by atoms with E-state index in [-0.39, 0.29) is 17.3 Å². The Morgan fingerprint density at radius 1 is 1.04 bits per heavy atom. The monoisotopic (exact) mass is 321 g/mol. The van der Waals surface area contributed by atoms with Crippen LogP contribution in [0.2, 0.25) is 0 Å². The van der Waals surface area contributed by atoms with Crippen molar-refractivity contribution >= 4 is 22.5 Å².